The molecule has 2 rings (SSSR count). The number of hydrogen-bond acceptors (Lipinski definition) is 4. The Kier molecular flexibility index (Phi) is 4.94. The zero-order valence-corrected chi connectivity index (χ0v) is 14.0. The van der Waals surface area contributed by atoms with Crippen LogP contribution in [0.5, 0.6) is 0 Å². The average Bonchev–Trinajstić information content (AvgIpc) is 2.42. The van der Waals surface area contributed by atoms with Crippen molar-refractivity contribution in [3.8, 4) is 0 Å². The van der Waals surface area contributed by atoms with Crippen molar-refractivity contribution in [2.24, 2.45) is 0 Å². The lowest BCUT2D eigenvalue weighted by atomic mass is 10.2. The zero-order valence-electron chi connectivity index (χ0n) is 11.6. The number of carbonyl (C=O) groups is 1. The maximum Gasteiger partial charge on any atom is 0.188 e. The van der Waals surface area contributed by atoms with Gasteiger partial charge in [0.05, 0.1) is 5.75 Å². The van der Waals surface area contributed by atoms with Gasteiger partial charge >= 0.3 is 0 Å². The van der Waals surface area contributed by atoms with E-state index in [1.165, 1.54) is 11.8 Å². The van der Waals surface area contributed by atoms with E-state index in [0.29, 0.717) is 16.5 Å². The van der Waals surface area contributed by atoms with Crippen LogP contribution in [0, 0.1) is 20.8 Å². The highest BCUT2D eigenvalue weighted by Crippen LogP contribution is 2.19. The van der Waals surface area contributed by atoms with Crippen LogP contribution >= 0.6 is 27.7 Å². The highest BCUT2D eigenvalue weighted by Gasteiger charge is 2.10. The third kappa shape index (κ3) is 3.67. The number of Topliss-reactive ketones (excluding diaryl/α,β-unsaturated/α-hetero) is 1. The number of carbonyl (C=O) groups excluding carboxylic acids is 1. The largest absolute Gasteiger partial charge is 0.293 e. The topological polar surface area (TPSA) is 42.9 Å². The summed E-state index contributed by atoms with van der Waals surface area (Å²) in [6, 6.07) is 7.41. The Morgan fingerprint density at radius 1 is 1.20 bits per heavy atom. The number of benzene rings is 1. The van der Waals surface area contributed by atoms with Gasteiger partial charge in [-0.1, -0.05) is 39.8 Å². The van der Waals surface area contributed by atoms with Crippen molar-refractivity contribution in [2.75, 3.05) is 5.75 Å². The Morgan fingerprint density at radius 3 is 2.45 bits per heavy atom. The second-order valence-corrected chi connectivity index (χ2v) is 6.38. The van der Waals surface area contributed by atoms with Crippen LogP contribution < -0.4 is 0 Å². The molecule has 1 aromatic heterocycles. The summed E-state index contributed by atoms with van der Waals surface area (Å²) in [6.45, 7) is 5.93. The van der Waals surface area contributed by atoms with Gasteiger partial charge in [-0.15, -0.1) is 0 Å². The van der Waals surface area contributed by atoms with Crippen molar-refractivity contribution < 1.29 is 4.79 Å². The molecule has 0 bridgehead atoms. The van der Waals surface area contributed by atoms with Crippen LogP contribution in [-0.4, -0.2) is 21.5 Å². The molecule has 1 heterocycles. The van der Waals surface area contributed by atoms with Crippen molar-refractivity contribution in [1.82, 2.24) is 9.97 Å². The van der Waals surface area contributed by atoms with E-state index < -0.39 is 0 Å². The summed E-state index contributed by atoms with van der Waals surface area (Å²) in [7, 11) is 0. The van der Waals surface area contributed by atoms with Crippen LogP contribution in [0.25, 0.3) is 0 Å². The summed E-state index contributed by atoms with van der Waals surface area (Å²) in [4.78, 5) is 20.9. The molecule has 5 heteroatoms. The van der Waals surface area contributed by atoms with E-state index in [1.807, 2.05) is 45.0 Å². The van der Waals surface area contributed by atoms with E-state index in [0.717, 1.165) is 21.4 Å². The predicted molar refractivity (Wildman–Crippen MR) is 85.4 cm³/mol. The Balaban J connectivity index is 2.07. The predicted octanol–water partition coefficient (Wildman–Crippen LogP) is 4.14. The normalized spacial score (nSPS) is 10.6. The van der Waals surface area contributed by atoms with E-state index in [4.69, 9.17) is 0 Å². The lowest BCUT2D eigenvalue weighted by Crippen LogP contribution is -2.04. The summed E-state index contributed by atoms with van der Waals surface area (Å²) in [5.74, 6) is 0.425. The molecule has 0 N–H and O–H groups in total. The van der Waals surface area contributed by atoms with E-state index in [-0.39, 0.29) is 5.78 Å². The third-order valence-electron chi connectivity index (χ3n) is 3.09. The van der Waals surface area contributed by atoms with Crippen LogP contribution in [-0.2, 0) is 0 Å². The minimum atomic E-state index is 0.0794. The van der Waals surface area contributed by atoms with Crippen LogP contribution in [0.4, 0.5) is 0 Å². The van der Waals surface area contributed by atoms with Crippen molar-refractivity contribution in [1.29, 1.82) is 0 Å². The molecule has 104 valence electrons. The first-order valence-electron chi connectivity index (χ1n) is 6.21. The molecule has 3 nitrogen and oxygen atoms in total. The summed E-state index contributed by atoms with van der Waals surface area (Å²) < 4.78 is 0.909. The number of thioether (sulfide) groups is 1. The zero-order chi connectivity index (χ0) is 14.7. The fraction of sp³-hybridized carbons (Fsp3) is 0.267. The van der Waals surface area contributed by atoms with Crippen LogP contribution in [0.2, 0.25) is 0 Å². The van der Waals surface area contributed by atoms with E-state index in [1.54, 1.807) is 0 Å². The smallest absolute Gasteiger partial charge is 0.188 e. The second-order valence-electron chi connectivity index (χ2n) is 4.52. The minimum absolute atomic E-state index is 0.0794. The van der Waals surface area contributed by atoms with Crippen LogP contribution in [0.15, 0.2) is 33.9 Å². The molecule has 0 unspecified atom stereocenters. The molecule has 0 aliphatic carbocycles. The molecule has 0 fully saturated rings. The minimum Gasteiger partial charge on any atom is -0.293 e. The Bertz CT molecular complexity index is 635. The maximum absolute atomic E-state index is 12.1. The number of nitrogens with zero attached hydrogens (tertiary/aromatic N) is 2. The van der Waals surface area contributed by atoms with E-state index in [2.05, 4.69) is 25.9 Å². The Morgan fingerprint density at radius 2 is 1.85 bits per heavy atom. The number of aromatic nitrogens is 2. The molecule has 0 atom stereocenters. The molecule has 0 amide bonds. The Hall–Kier alpha value is -1.20. The summed E-state index contributed by atoms with van der Waals surface area (Å²) in [5.41, 5.74) is 3.74. The van der Waals surface area contributed by atoms with Gasteiger partial charge in [-0.2, -0.15) is 0 Å². The molecule has 0 radical (unpaired) electrons. The highest BCUT2D eigenvalue weighted by atomic mass is 79.9. The fourth-order valence-electron chi connectivity index (χ4n) is 1.68. The first-order valence-corrected chi connectivity index (χ1v) is 7.98. The van der Waals surface area contributed by atoms with Gasteiger partial charge in [-0.25, -0.2) is 9.97 Å². The van der Waals surface area contributed by atoms with E-state index >= 15 is 0 Å². The Labute approximate surface area is 131 Å². The molecule has 0 aliphatic rings. The van der Waals surface area contributed by atoms with Gasteiger partial charge in [-0.3, -0.25) is 4.79 Å². The summed E-state index contributed by atoms with van der Waals surface area (Å²) in [6.07, 6.45) is 0. The fourth-order valence-corrected chi connectivity index (χ4v) is 2.91. The van der Waals surface area contributed by atoms with Gasteiger partial charge in [0.15, 0.2) is 10.9 Å². The number of rotatable bonds is 4. The lowest BCUT2D eigenvalue weighted by molar-refractivity contribution is 0.102. The van der Waals surface area contributed by atoms with Crippen molar-refractivity contribution in [3.05, 3.63) is 51.3 Å². The maximum atomic E-state index is 12.1. The van der Waals surface area contributed by atoms with Gasteiger partial charge in [-0.05, 0) is 38.5 Å². The summed E-state index contributed by atoms with van der Waals surface area (Å²) in [5, 5.41) is 0.661. The molecular weight excluding hydrogens is 336 g/mol. The number of halogens is 1. The third-order valence-corrected chi connectivity index (χ3v) is 4.43. The monoisotopic (exact) mass is 350 g/mol. The quantitative estimate of drug-likeness (QED) is 0.472. The molecule has 0 aliphatic heterocycles. The van der Waals surface area contributed by atoms with Crippen LogP contribution in [0.3, 0.4) is 0 Å². The standard InChI is InChI=1S/C15H15BrN2OS/c1-9-10(2)17-15(18-11(9)3)20-8-14(19)12-5-4-6-13(16)7-12/h4-7H,8H2,1-3H3. The molecule has 20 heavy (non-hydrogen) atoms. The second kappa shape index (κ2) is 6.50. The van der Waals surface area contributed by atoms with Gasteiger partial charge in [0, 0.05) is 21.4 Å². The number of hydrogen-bond donors (Lipinski definition) is 0. The van der Waals surface area contributed by atoms with Crippen molar-refractivity contribution in [3.63, 3.8) is 0 Å². The first-order chi connectivity index (χ1) is 9.47. The van der Waals surface area contributed by atoms with Gasteiger partial charge in [0.2, 0.25) is 0 Å². The number of ketones is 1. The molecule has 0 saturated heterocycles. The number of aryl methyl sites for hydroxylation is 2. The molecule has 0 saturated carbocycles. The first kappa shape index (κ1) is 15.2. The lowest BCUT2D eigenvalue weighted by Gasteiger charge is -2.06. The molecule has 1 aromatic carbocycles. The van der Waals surface area contributed by atoms with Crippen LogP contribution in [0.1, 0.15) is 27.3 Å². The molecular formula is C15H15BrN2OS. The summed E-state index contributed by atoms with van der Waals surface area (Å²) >= 11 is 4.75. The van der Waals surface area contributed by atoms with Gasteiger partial charge in [0.25, 0.3) is 0 Å². The molecule has 0 spiro atoms. The van der Waals surface area contributed by atoms with E-state index in [9.17, 15) is 4.79 Å². The van der Waals surface area contributed by atoms with Crippen molar-refractivity contribution >= 4 is 33.5 Å². The highest BCUT2D eigenvalue weighted by molar-refractivity contribution is 9.10. The molecule has 2 aromatic rings. The SMILES string of the molecule is Cc1nc(SCC(=O)c2cccc(Br)c2)nc(C)c1C. The van der Waals surface area contributed by atoms with Crippen molar-refractivity contribution in [2.45, 2.75) is 25.9 Å². The van der Waals surface area contributed by atoms with Gasteiger partial charge < -0.3 is 0 Å². The average molecular weight is 351 g/mol. The van der Waals surface area contributed by atoms with Gasteiger partial charge in [0.1, 0.15) is 0 Å².